The van der Waals surface area contributed by atoms with Crippen molar-refractivity contribution in [2.75, 3.05) is 18.6 Å². The lowest BCUT2D eigenvalue weighted by Gasteiger charge is -2.17. The largest absolute Gasteiger partial charge is 0.497 e. The van der Waals surface area contributed by atoms with E-state index < -0.39 is 0 Å². The van der Waals surface area contributed by atoms with Crippen molar-refractivity contribution in [2.45, 2.75) is 37.8 Å². The van der Waals surface area contributed by atoms with Gasteiger partial charge in [-0.25, -0.2) is 0 Å². The number of nitrogens with zero attached hydrogens (tertiary/aromatic N) is 1. The van der Waals surface area contributed by atoms with Crippen molar-refractivity contribution < 1.29 is 9.66 Å². The average Bonchev–Trinajstić information content (AvgIpc) is 2.80. The smallest absolute Gasteiger partial charge is 0.283 e. The van der Waals surface area contributed by atoms with Gasteiger partial charge >= 0.3 is 0 Å². The van der Waals surface area contributed by atoms with Crippen molar-refractivity contribution in [1.82, 2.24) is 0 Å². The van der Waals surface area contributed by atoms with Crippen molar-refractivity contribution >= 4 is 29.2 Å². The second-order valence-corrected chi connectivity index (χ2v) is 9.87. The van der Waals surface area contributed by atoms with Crippen molar-refractivity contribution in [3.05, 3.63) is 99.1 Å². The molecule has 0 bridgehead atoms. The number of methoxy groups -OCH3 is 1. The Morgan fingerprint density at radius 3 is 1.94 bits per heavy atom. The van der Waals surface area contributed by atoms with Crippen LogP contribution in [0.5, 0.6) is 5.75 Å². The molecule has 0 heterocycles. The number of hydrogen-bond donors (Lipinski definition) is 0. The zero-order valence-corrected chi connectivity index (χ0v) is 21.0. The van der Waals surface area contributed by atoms with Crippen LogP contribution in [-0.4, -0.2) is 23.5 Å². The molecule has 0 saturated carbocycles. The van der Waals surface area contributed by atoms with E-state index in [0.29, 0.717) is 5.25 Å². The molecule has 0 aliphatic carbocycles. The summed E-state index contributed by atoms with van der Waals surface area (Å²) >= 11 is 3.46. The van der Waals surface area contributed by atoms with Gasteiger partial charge in [0.25, 0.3) is 5.69 Å². The maximum atomic E-state index is 10.6. The standard InChI is InChI=1S/C17H20OS.C9H11NO2S/c1-4-19-17(14-7-5-13(2)6-8-14)15-9-11-16(18-3)12-10-15;1-3-13-9-5-4-7(2)6-8(9)10(11)12/h5-12,17H,4H2,1-3H3;4-6H,3H2,1-2H3. The number of ether oxygens (including phenoxy) is 1. The summed E-state index contributed by atoms with van der Waals surface area (Å²) < 4.78 is 5.22. The molecule has 0 radical (unpaired) electrons. The summed E-state index contributed by atoms with van der Waals surface area (Å²) in [6, 6.07) is 22.5. The molecule has 0 aliphatic heterocycles. The first-order valence-electron chi connectivity index (χ1n) is 10.6. The van der Waals surface area contributed by atoms with Gasteiger partial charge in [0, 0.05) is 6.07 Å². The van der Waals surface area contributed by atoms with Crippen LogP contribution < -0.4 is 4.74 Å². The normalized spacial score (nSPS) is 11.3. The molecule has 3 aromatic carbocycles. The summed E-state index contributed by atoms with van der Waals surface area (Å²) in [5.41, 5.74) is 5.14. The van der Waals surface area contributed by atoms with Gasteiger partial charge in [0.15, 0.2) is 0 Å². The van der Waals surface area contributed by atoms with Crippen LogP contribution in [-0.2, 0) is 0 Å². The van der Waals surface area contributed by atoms with Crippen LogP contribution in [0.3, 0.4) is 0 Å². The third-order valence-electron chi connectivity index (χ3n) is 4.74. The molecule has 1 unspecified atom stereocenters. The lowest BCUT2D eigenvalue weighted by Crippen LogP contribution is -1.97. The molecule has 0 fully saturated rings. The number of rotatable bonds is 8. The monoisotopic (exact) mass is 469 g/mol. The van der Waals surface area contributed by atoms with Crippen molar-refractivity contribution in [1.29, 1.82) is 0 Å². The minimum absolute atomic E-state index is 0.215. The van der Waals surface area contributed by atoms with E-state index in [1.807, 2.05) is 49.9 Å². The molecule has 0 aromatic heterocycles. The van der Waals surface area contributed by atoms with Gasteiger partial charge in [0.1, 0.15) is 5.75 Å². The van der Waals surface area contributed by atoms with Gasteiger partial charge in [0.05, 0.1) is 22.2 Å². The first kappa shape index (κ1) is 25.8. The predicted molar refractivity (Wildman–Crippen MR) is 138 cm³/mol. The minimum atomic E-state index is -0.328. The second kappa shape index (κ2) is 13.2. The molecule has 1 atom stereocenters. The lowest BCUT2D eigenvalue weighted by molar-refractivity contribution is -0.387. The molecule has 0 spiro atoms. The van der Waals surface area contributed by atoms with Crippen LogP contribution in [0.25, 0.3) is 0 Å². The third kappa shape index (κ3) is 7.61. The first-order chi connectivity index (χ1) is 15.4. The topological polar surface area (TPSA) is 52.4 Å². The van der Waals surface area contributed by atoms with Gasteiger partial charge in [-0.3, -0.25) is 10.1 Å². The number of thioether (sulfide) groups is 2. The molecule has 0 N–H and O–H groups in total. The summed E-state index contributed by atoms with van der Waals surface area (Å²) in [7, 11) is 1.70. The van der Waals surface area contributed by atoms with E-state index in [4.69, 9.17) is 4.74 Å². The van der Waals surface area contributed by atoms with Gasteiger partial charge in [-0.05, 0) is 60.2 Å². The first-order valence-corrected chi connectivity index (χ1v) is 12.6. The van der Waals surface area contributed by atoms with E-state index in [2.05, 4.69) is 50.2 Å². The third-order valence-corrected chi connectivity index (χ3v) is 6.90. The number of nitro groups is 1. The Balaban J connectivity index is 0.000000244. The number of hydrogen-bond acceptors (Lipinski definition) is 5. The summed E-state index contributed by atoms with van der Waals surface area (Å²) in [5.74, 6) is 2.86. The maximum absolute atomic E-state index is 10.6. The average molecular weight is 470 g/mol. The second-order valence-electron chi connectivity index (χ2n) is 7.18. The summed E-state index contributed by atoms with van der Waals surface area (Å²) in [4.78, 5) is 11.1. The van der Waals surface area contributed by atoms with Crippen LogP contribution in [0, 0.1) is 24.0 Å². The molecule has 32 heavy (non-hydrogen) atoms. The van der Waals surface area contributed by atoms with E-state index in [1.165, 1.54) is 28.5 Å². The minimum Gasteiger partial charge on any atom is -0.497 e. The van der Waals surface area contributed by atoms with Gasteiger partial charge in [-0.2, -0.15) is 0 Å². The number of nitro benzene ring substituents is 1. The van der Waals surface area contributed by atoms with Crippen LogP contribution in [0.2, 0.25) is 0 Å². The molecule has 3 aromatic rings. The van der Waals surface area contributed by atoms with E-state index in [-0.39, 0.29) is 10.6 Å². The fourth-order valence-corrected chi connectivity index (χ4v) is 4.91. The molecule has 3 rings (SSSR count). The SMILES string of the molecule is CCSC(c1ccc(C)cc1)c1ccc(OC)cc1.CCSc1ccc(C)cc1[N+](=O)[O-]. The zero-order chi connectivity index (χ0) is 23.5. The fraction of sp³-hybridized carbons (Fsp3) is 0.308. The van der Waals surface area contributed by atoms with Crippen LogP contribution in [0.1, 0.15) is 41.4 Å². The van der Waals surface area contributed by atoms with E-state index in [0.717, 1.165) is 27.7 Å². The van der Waals surface area contributed by atoms with Crippen LogP contribution in [0.4, 0.5) is 5.69 Å². The van der Waals surface area contributed by atoms with Gasteiger partial charge < -0.3 is 4.74 Å². The summed E-state index contributed by atoms with van der Waals surface area (Å²) in [6.45, 7) is 8.16. The van der Waals surface area contributed by atoms with Gasteiger partial charge in [-0.1, -0.05) is 61.9 Å². The maximum Gasteiger partial charge on any atom is 0.283 e. The van der Waals surface area contributed by atoms with E-state index in [9.17, 15) is 10.1 Å². The van der Waals surface area contributed by atoms with Crippen molar-refractivity contribution in [2.24, 2.45) is 0 Å². The molecule has 0 amide bonds. The van der Waals surface area contributed by atoms with Gasteiger partial charge in [0.2, 0.25) is 0 Å². The molecule has 170 valence electrons. The molecule has 0 saturated heterocycles. The summed E-state index contributed by atoms with van der Waals surface area (Å²) in [5, 5.41) is 11.0. The highest BCUT2D eigenvalue weighted by atomic mass is 32.2. The van der Waals surface area contributed by atoms with E-state index in [1.54, 1.807) is 13.2 Å². The molecular weight excluding hydrogens is 438 g/mol. The molecular formula is C26H31NO3S2. The molecule has 0 aliphatic rings. The molecule has 4 nitrogen and oxygen atoms in total. The Morgan fingerprint density at radius 1 is 0.875 bits per heavy atom. The van der Waals surface area contributed by atoms with Crippen LogP contribution in [0.15, 0.2) is 71.6 Å². The Hall–Kier alpha value is -2.44. The van der Waals surface area contributed by atoms with Crippen LogP contribution >= 0.6 is 23.5 Å². The quantitative estimate of drug-likeness (QED) is 0.191. The predicted octanol–water partition coefficient (Wildman–Crippen LogP) is 7.86. The van der Waals surface area contributed by atoms with E-state index >= 15 is 0 Å². The Morgan fingerprint density at radius 2 is 1.44 bits per heavy atom. The zero-order valence-electron chi connectivity index (χ0n) is 19.3. The van der Waals surface area contributed by atoms with Crippen molar-refractivity contribution in [3.63, 3.8) is 0 Å². The molecule has 6 heteroatoms. The Labute approximate surface area is 199 Å². The number of benzene rings is 3. The highest BCUT2D eigenvalue weighted by Crippen LogP contribution is 2.36. The Bertz CT molecular complexity index is 989. The van der Waals surface area contributed by atoms with Crippen molar-refractivity contribution in [3.8, 4) is 5.75 Å². The summed E-state index contributed by atoms with van der Waals surface area (Å²) in [6.07, 6.45) is 0. The fourth-order valence-electron chi connectivity index (χ4n) is 3.12. The lowest BCUT2D eigenvalue weighted by atomic mass is 10.0. The Kier molecular flexibility index (Phi) is 10.6. The highest BCUT2D eigenvalue weighted by Gasteiger charge is 2.14. The van der Waals surface area contributed by atoms with Gasteiger partial charge in [-0.15, -0.1) is 23.5 Å². The highest BCUT2D eigenvalue weighted by molar-refractivity contribution is 7.99. The number of aryl methyl sites for hydroxylation is 2.